The third-order valence-electron chi connectivity index (χ3n) is 3.18. The molecule has 21 heavy (non-hydrogen) atoms. The van der Waals surface area contributed by atoms with E-state index in [1.165, 1.54) is 0 Å². The average Bonchev–Trinajstić information content (AvgIpc) is 2.49. The Morgan fingerprint density at radius 2 is 1.81 bits per heavy atom. The Kier molecular flexibility index (Phi) is 5.97. The van der Waals surface area contributed by atoms with Crippen molar-refractivity contribution < 1.29 is 9.47 Å². The molecule has 2 rings (SSSR count). The van der Waals surface area contributed by atoms with E-state index in [1.807, 2.05) is 36.4 Å². The summed E-state index contributed by atoms with van der Waals surface area (Å²) >= 11 is 13.5. The topological polar surface area (TPSA) is 18.5 Å². The number of benzene rings is 2. The second kappa shape index (κ2) is 7.52. The molecule has 0 bridgehead atoms. The molecule has 0 spiro atoms. The highest BCUT2D eigenvalue weighted by Crippen LogP contribution is 2.37. The summed E-state index contributed by atoms with van der Waals surface area (Å²) in [6.07, 6.45) is 0.802. The Labute approximate surface area is 146 Å². The predicted octanol–water partition coefficient (Wildman–Crippen LogP) is 5.80. The molecule has 2 aromatic rings. The van der Waals surface area contributed by atoms with Crippen LogP contribution in [0.5, 0.6) is 11.5 Å². The first-order chi connectivity index (χ1) is 10.1. The van der Waals surface area contributed by atoms with Gasteiger partial charge in [0.15, 0.2) is 11.5 Å². The fourth-order valence-electron chi connectivity index (χ4n) is 2.09. The normalized spacial score (nSPS) is 12.0. The van der Waals surface area contributed by atoms with E-state index in [0.717, 1.165) is 38.5 Å². The molecule has 1 atom stereocenters. The highest BCUT2D eigenvalue weighted by Gasteiger charge is 2.15. The summed E-state index contributed by atoms with van der Waals surface area (Å²) in [7, 11) is 3.27. The Hall–Kier alpha value is -0.710. The van der Waals surface area contributed by atoms with Gasteiger partial charge in [0.05, 0.1) is 19.2 Å². The number of rotatable bonds is 5. The molecular formula is C16H15Br2ClO2. The van der Waals surface area contributed by atoms with Crippen molar-refractivity contribution in [1.82, 2.24) is 0 Å². The number of methoxy groups -OCH3 is 2. The average molecular weight is 435 g/mol. The van der Waals surface area contributed by atoms with Crippen LogP contribution in [0.25, 0.3) is 0 Å². The molecule has 1 unspecified atom stereocenters. The fourth-order valence-corrected chi connectivity index (χ4v) is 3.61. The lowest BCUT2D eigenvalue weighted by Gasteiger charge is -2.15. The van der Waals surface area contributed by atoms with Gasteiger partial charge in [0.2, 0.25) is 0 Å². The van der Waals surface area contributed by atoms with Gasteiger partial charge in [0.25, 0.3) is 0 Å². The smallest absolute Gasteiger partial charge is 0.160 e. The minimum absolute atomic E-state index is 0.126. The molecular weight excluding hydrogens is 419 g/mol. The van der Waals surface area contributed by atoms with Gasteiger partial charge in [-0.3, -0.25) is 0 Å². The monoisotopic (exact) mass is 432 g/mol. The standard InChI is InChI=1S/C16H15Br2ClO2/c1-20-14-7-6-10(9-15(14)21-2)8-13(18)11-4-3-5-12(17)16(11)19/h3-7,9,13H,8H2,1-2H3. The van der Waals surface area contributed by atoms with Crippen molar-refractivity contribution in [2.45, 2.75) is 11.2 Å². The van der Waals surface area contributed by atoms with E-state index in [9.17, 15) is 0 Å². The summed E-state index contributed by atoms with van der Waals surface area (Å²) in [4.78, 5) is 0.126. The van der Waals surface area contributed by atoms with Crippen LogP contribution in [0.4, 0.5) is 0 Å². The molecule has 0 aliphatic rings. The van der Waals surface area contributed by atoms with E-state index in [2.05, 4.69) is 31.9 Å². The van der Waals surface area contributed by atoms with Gasteiger partial charge >= 0.3 is 0 Å². The first-order valence-corrected chi connectivity index (χ1v) is 8.44. The van der Waals surface area contributed by atoms with Crippen LogP contribution in [-0.2, 0) is 6.42 Å². The summed E-state index contributed by atoms with van der Waals surface area (Å²) in [6, 6.07) is 11.9. The second-order valence-corrected chi connectivity index (χ2v) is 6.84. The molecule has 0 amide bonds. The molecule has 0 fully saturated rings. The zero-order chi connectivity index (χ0) is 15.4. The molecule has 112 valence electrons. The third-order valence-corrected chi connectivity index (χ3v) is 5.31. The minimum atomic E-state index is 0.126. The van der Waals surface area contributed by atoms with Gasteiger partial charge in [-0.05, 0) is 51.7 Å². The molecule has 0 saturated carbocycles. The molecule has 0 aromatic heterocycles. The molecule has 0 radical (unpaired) electrons. The summed E-state index contributed by atoms with van der Waals surface area (Å²) in [6.45, 7) is 0. The molecule has 0 aliphatic heterocycles. The lowest BCUT2D eigenvalue weighted by molar-refractivity contribution is 0.354. The van der Waals surface area contributed by atoms with Crippen molar-refractivity contribution in [2.75, 3.05) is 14.2 Å². The van der Waals surface area contributed by atoms with E-state index in [0.29, 0.717) is 0 Å². The van der Waals surface area contributed by atoms with Crippen molar-refractivity contribution >= 4 is 43.5 Å². The maximum atomic E-state index is 6.34. The van der Waals surface area contributed by atoms with Crippen molar-refractivity contribution in [3.63, 3.8) is 0 Å². The van der Waals surface area contributed by atoms with E-state index in [4.69, 9.17) is 21.1 Å². The number of halogens is 3. The van der Waals surface area contributed by atoms with Crippen molar-refractivity contribution in [2.24, 2.45) is 0 Å². The highest BCUT2D eigenvalue weighted by molar-refractivity contribution is 9.10. The van der Waals surface area contributed by atoms with Crippen LogP contribution >= 0.6 is 43.5 Å². The van der Waals surface area contributed by atoms with E-state index in [1.54, 1.807) is 14.2 Å². The van der Waals surface area contributed by atoms with Crippen LogP contribution in [0.1, 0.15) is 16.0 Å². The first-order valence-electron chi connectivity index (χ1n) is 6.35. The SMILES string of the molecule is COc1ccc(CC(Br)c2cccc(Br)c2Cl)cc1OC. The summed E-state index contributed by atoms with van der Waals surface area (Å²) in [5.41, 5.74) is 2.20. The van der Waals surface area contributed by atoms with Crippen LogP contribution in [0.15, 0.2) is 40.9 Å². The zero-order valence-electron chi connectivity index (χ0n) is 11.7. The van der Waals surface area contributed by atoms with Gasteiger partial charge in [-0.25, -0.2) is 0 Å². The molecule has 2 aromatic carbocycles. The molecule has 0 saturated heterocycles. The zero-order valence-corrected chi connectivity index (χ0v) is 15.6. The lowest BCUT2D eigenvalue weighted by atomic mass is 10.0. The maximum absolute atomic E-state index is 6.34. The van der Waals surface area contributed by atoms with E-state index < -0.39 is 0 Å². The number of alkyl halides is 1. The number of hydrogen-bond acceptors (Lipinski definition) is 2. The van der Waals surface area contributed by atoms with Gasteiger partial charge in [-0.2, -0.15) is 0 Å². The number of ether oxygens (including phenoxy) is 2. The lowest BCUT2D eigenvalue weighted by Crippen LogP contribution is -1.98. The van der Waals surface area contributed by atoms with Crippen molar-refractivity contribution in [3.05, 3.63) is 57.0 Å². The van der Waals surface area contributed by atoms with Gasteiger partial charge < -0.3 is 9.47 Å². The Morgan fingerprint density at radius 1 is 1.10 bits per heavy atom. The molecule has 0 heterocycles. The quantitative estimate of drug-likeness (QED) is 0.554. The van der Waals surface area contributed by atoms with E-state index >= 15 is 0 Å². The molecule has 0 aliphatic carbocycles. The Balaban J connectivity index is 2.23. The van der Waals surface area contributed by atoms with Crippen molar-refractivity contribution in [3.8, 4) is 11.5 Å². The fraction of sp³-hybridized carbons (Fsp3) is 0.250. The van der Waals surface area contributed by atoms with Crippen molar-refractivity contribution in [1.29, 1.82) is 0 Å². The maximum Gasteiger partial charge on any atom is 0.160 e. The Bertz CT molecular complexity index is 632. The van der Waals surface area contributed by atoms with Gasteiger partial charge in [0, 0.05) is 9.30 Å². The summed E-state index contributed by atoms with van der Waals surface area (Å²) in [5.74, 6) is 1.46. The van der Waals surface area contributed by atoms with E-state index in [-0.39, 0.29) is 4.83 Å². The minimum Gasteiger partial charge on any atom is -0.493 e. The van der Waals surface area contributed by atoms with Crippen LogP contribution in [0.2, 0.25) is 5.02 Å². The summed E-state index contributed by atoms with van der Waals surface area (Å²) < 4.78 is 11.5. The first kappa shape index (κ1) is 16.7. The molecule has 5 heteroatoms. The molecule has 0 N–H and O–H groups in total. The van der Waals surface area contributed by atoms with Crippen LogP contribution < -0.4 is 9.47 Å². The highest BCUT2D eigenvalue weighted by atomic mass is 79.9. The van der Waals surface area contributed by atoms with Crippen LogP contribution in [-0.4, -0.2) is 14.2 Å². The third kappa shape index (κ3) is 3.93. The number of hydrogen-bond donors (Lipinski definition) is 0. The van der Waals surface area contributed by atoms with Gasteiger partial charge in [0.1, 0.15) is 0 Å². The van der Waals surface area contributed by atoms with Gasteiger partial charge in [-0.15, -0.1) is 0 Å². The predicted molar refractivity (Wildman–Crippen MR) is 94.1 cm³/mol. The Morgan fingerprint density at radius 3 is 2.48 bits per heavy atom. The summed E-state index contributed by atoms with van der Waals surface area (Å²) in [5, 5.41) is 0.736. The van der Waals surface area contributed by atoms with Crippen LogP contribution in [0.3, 0.4) is 0 Å². The molecule has 2 nitrogen and oxygen atoms in total. The van der Waals surface area contributed by atoms with Crippen LogP contribution in [0, 0.1) is 0 Å². The largest absolute Gasteiger partial charge is 0.493 e. The second-order valence-electron chi connectivity index (χ2n) is 4.50. The van der Waals surface area contributed by atoms with Gasteiger partial charge in [-0.1, -0.05) is 45.7 Å².